The van der Waals surface area contributed by atoms with Crippen LogP contribution in [0.2, 0.25) is 0 Å². The van der Waals surface area contributed by atoms with E-state index in [1.807, 2.05) is 0 Å². The molecular weight excluding hydrogens is 524 g/mol. The molecule has 0 radical (unpaired) electrons. The van der Waals surface area contributed by atoms with E-state index in [1.165, 1.54) is 36.4 Å². The van der Waals surface area contributed by atoms with Gasteiger partial charge in [-0.1, -0.05) is 15.9 Å². The maximum absolute atomic E-state index is 12.7. The number of nitro groups is 1. The first-order valence-electron chi connectivity index (χ1n) is 10.1. The van der Waals surface area contributed by atoms with Gasteiger partial charge < -0.3 is 18.9 Å². The number of rotatable bonds is 5. The minimum Gasteiger partial charge on any atom is -0.454 e. The number of nitro benzene ring substituents is 1. The minimum atomic E-state index is -0.716. The van der Waals surface area contributed by atoms with Crippen LogP contribution in [0.4, 0.5) is 5.69 Å². The lowest BCUT2D eigenvalue weighted by molar-refractivity contribution is -0.384. The van der Waals surface area contributed by atoms with Crippen LogP contribution < -0.4 is 14.2 Å². The summed E-state index contributed by atoms with van der Waals surface area (Å²) < 4.78 is 22.0. The molecule has 174 valence electrons. The molecular formula is C24H13BrN2O8. The maximum atomic E-state index is 12.7. The molecule has 0 spiro atoms. The third kappa shape index (κ3) is 4.62. The third-order valence-electron chi connectivity index (χ3n) is 5.02. The Balaban J connectivity index is 1.42. The van der Waals surface area contributed by atoms with Crippen LogP contribution in [0, 0.1) is 10.1 Å². The van der Waals surface area contributed by atoms with E-state index in [4.69, 9.17) is 18.9 Å². The first-order valence-corrected chi connectivity index (χ1v) is 10.9. The van der Waals surface area contributed by atoms with Gasteiger partial charge in [-0.25, -0.2) is 14.6 Å². The fourth-order valence-electron chi connectivity index (χ4n) is 3.31. The summed E-state index contributed by atoms with van der Waals surface area (Å²) in [6.07, 6.45) is 1.42. The van der Waals surface area contributed by atoms with E-state index in [-0.39, 0.29) is 35.4 Å². The predicted octanol–water partition coefficient (Wildman–Crippen LogP) is 4.65. The molecule has 0 saturated carbocycles. The molecule has 0 saturated heterocycles. The van der Waals surface area contributed by atoms with Crippen molar-refractivity contribution in [1.29, 1.82) is 0 Å². The van der Waals surface area contributed by atoms with Crippen LogP contribution in [0.15, 0.2) is 75.8 Å². The van der Waals surface area contributed by atoms with Gasteiger partial charge in [0, 0.05) is 27.7 Å². The summed E-state index contributed by atoms with van der Waals surface area (Å²) in [4.78, 5) is 39.7. The average molecular weight is 537 g/mol. The van der Waals surface area contributed by atoms with Crippen molar-refractivity contribution in [3.8, 4) is 17.2 Å². The largest absolute Gasteiger partial charge is 0.454 e. The number of esters is 2. The van der Waals surface area contributed by atoms with E-state index in [0.29, 0.717) is 27.1 Å². The molecule has 2 aliphatic heterocycles. The summed E-state index contributed by atoms with van der Waals surface area (Å²) >= 11 is 3.37. The molecule has 0 amide bonds. The quantitative estimate of drug-likeness (QED) is 0.151. The van der Waals surface area contributed by atoms with Gasteiger partial charge in [0.25, 0.3) is 5.69 Å². The van der Waals surface area contributed by atoms with Gasteiger partial charge in [-0.3, -0.25) is 10.1 Å². The summed E-state index contributed by atoms with van der Waals surface area (Å²) in [6, 6.07) is 15.1. The molecule has 2 heterocycles. The number of ether oxygens (including phenoxy) is 4. The van der Waals surface area contributed by atoms with Crippen LogP contribution in [0.1, 0.15) is 21.5 Å². The SMILES string of the molecule is O=C1OC(c2ccc([N+](=O)[O-])cc2)=NC1=Cc1cc(Br)ccc1OC(=O)c1ccc2c(c1)OCO2. The Bertz CT molecular complexity index is 1450. The smallest absolute Gasteiger partial charge is 0.363 e. The fraction of sp³-hybridized carbons (Fsp3) is 0.0417. The highest BCUT2D eigenvalue weighted by Crippen LogP contribution is 2.33. The number of cyclic esters (lactones) is 1. The number of non-ortho nitro benzene ring substituents is 1. The van der Waals surface area contributed by atoms with Gasteiger partial charge in [-0.2, -0.15) is 0 Å². The fourth-order valence-corrected chi connectivity index (χ4v) is 3.69. The molecule has 3 aromatic carbocycles. The Hall–Kier alpha value is -4.51. The van der Waals surface area contributed by atoms with Crippen LogP contribution in [0.25, 0.3) is 6.08 Å². The average Bonchev–Trinajstić information content (AvgIpc) is 3.46. The van der Waals surface area contributed by atoms with Crippen LogP contribution in [-0.4, -0.2) is 29.6 Å². The Kier molecular flexibility index (Phi) is 5.75. The predicted molar refractivity (Wildman–Crippen MR) is 125 cm³/mol. The van der Waals surface area contributed by atoms with E-state index in [1.54, 1.807) is 30.3 Å². The zero-order chi connectivity index (χ0) is 24.5. The number of carbonyl (C=O) groups excluding carboxylic acids is 2. The summed E-state index contributed by atoms with van der Waals surface area (Å²) in [7, 11) is 0. The Labute approximate surface area is 205 Å². The number of benzene rings is 3. The number of carbonyl (C=O) groups is 2. The molecule has 11 heteroatoms. The Morgan fingerprint density at radius 1 is 1.06 bits per heavy atom. The maximum Gasteiger partial charge on any atom is 0.363 e. The molecule has 5 rings (SSSR count). The van der Waals surface area contributed by atoms with Gasteiger partial charge in [0.05, 0.1) is 10.5 Å². The molecule has 0 bridgehead atoms. The van der Waals surface area contributed by atoms with Crippen molar-refractivity contribution < 1.29 is 33.5 Å². The lowest BCUT2D eigenvalue weighted by Crippen LogP contribution is -2.09. The lowest BCUT2D eigenvalue weighted by Gasteiger charge is -2.09. The molecule has 2 aliphatic rings. The van der Waals surface area contributed by atoms with E-state index in [0.717, 1.165) is 0 Å². The summed E-state index contributed by atoms with van der Waals surface area (Å²) in [5.41, 5.74) is 0.925. The minimum absolute atomic E-state index is 0.00468. The van der Waals surface area contributed by atoms with Crippen molar-refractivity contribution in [3.63, 3.8) is 0 Å². The van der Waals surface area contributed by atoms with Crippen LogP contribution in [0.3, 0.4) is 0 Å². The second-order valence-electron chi connectivity index (χ2n) is 7.28. The van der Waals surface area contributed by atoms with Crippen molar-refractivity contribution in [1.82, 2.24) is 0 Å². The zero-order valence-corrected chi connectivity index (χ0v) is 19.2. The molecule has 0 N–H and O–H groups in total. The van der Waals surface area contributed by atoms with Crippen molar-refractivity contribution in [3.05, 3.63) is 97.6 Å². The van der Waals surface area contributed by atoms with Gasteiger partial charge >= 0.3 is 11.9 Å². The molecule has 3 aromatic rings. The summed E-state index contributed by atoms with van der Waals surface area (Å²) in [6.45, 7) is 0.0801. The number of hydrogen-bond donors (Lipinski definition) is 0. The van der Waals surface area contributed by atoms with E-state index in [2.05, 4.69) is 20.9 Å². The number of aliphatic imine (C=N–C) groups is 1. The highest BCUT2D eigenvalue weighted by molar-refractivity contribution is 9.10. The Morgan fingerprint density at radius 2 is 1.83 bits per heavy atom. The molecule has 10 nitrogen and oxygen atoms in total. The Morgan fingerprint density at radius 3 is 2.60 bits per heavy atom. The van der Waals surface area contributed by atoms with Crippen molar-refractivity contribution in [2.24, 2.45) is 4.99 Å². The van der Waals surface area contributed by atoms with Crippen LogP contribution >= 0.6 is 15.9 Å². The van der Waals surface area contributed by atoms with Crippen molar-refractivity contribution in [2.75, 3.05) is 6.79 Å². The van der Waals surface area contributed by atoms with Crippen molar-refractivity contribution in [2.45, 2.75) is 0 Å². The van der Waals surface area contributed by atoms with E-state index < -0.39 is 16.9 Å². The van der Waals surface area contributed by atoms with Crippen LogP contribution in [0.5, 0.6) is 17.2 Å². The molecule has 0 fully saturated rings. The first kappa shape index (κ1) is 22.3. The second-order valence-corrected chi connectivity index (χ2v) is 8.20. The molecule has 0 atom stereocenters. The highest BCUT2D eigenvalue weighted by atomic mass is 79.9. The number of hydrogen-bond acceptors (Lipinski definition) is 9. The van der Waals surface area contributed by atoms with Crippen LogP contribution in [-0.2, 0) is 9.53 Å². The zero-order valence-electron chi connectivity index (χ0n) is 17.6. The summed E-state index contributed by atoms with van der Waals surface area (Å²) in [5, 5.41) is 10.8. The normalized spacial score (nSPS) is 15.1. The number of halogens is 1. The molecule has 0 aromatic heterocycles. The third-order valence-corrected chi connectivity index (χ3v) is 5.51. The standard InChI is InChI=1S/C24H13BrN2O8/c25-16-4-8-19(34-23(28)14-3-7-20-21(11-14)33-12-32-20)15(9-16)10-18-24(29)35-22(26-18)13-1-5-17(6-2-13)27(30)31/h1-11H,12H2. The first-order chi connectivity index (χ1) is 16.9. The van der Waals surface area contributed by atoms with E-state index >= 15 is 0 Å². The lowest BCUT2D eigenvalue weighted by atomic mass is 10.1. The van der Waals surface area contributed by atoms with Gasteiger partial charge in [-0.05, 0) is 54.6 Å². The van der Waals surface area contributed by atoms with E-state index in [9.17, 15) is 19.7 Å². The second kappa shape index (κ2) is 9.03. The highest BCUT2D eigenvalue weighted by Gasteiger charge is 2.25. The van der Waals surface area contributed by atoms with Gasteiger partial charge in [0.1, 0.15) is 5.75 Å². The summed E-state index contributed by atoms with van der Waals surface area (Å²) in [5.74, 6) is -0.169. The molecule has 0 aliphatic carbocycles. The topological polar surface area (TPSA) is 127 Å². The van der Waals surface area contributed by atoms with Crippen molar-refractivity contribution >= 4 is 45.5 Å². The van der Waals surface area contributed by atoms with Gasteiger partial charge in [0.15, 0.2) is 17.2 Å². The molecule has 0 unspecified atom stereocenters. The number of nitrogens with zero attached hydrogens (tertiary/aromatic N) is 2. The number of fused-ring (bicyclic) bond motifs is 1. The van der Waals surface area contributed by atoms with Gasteiger partial charge in [-0.15, -0.1) is 0 Å². The molecule has 35 heavy (non-hydrogen) atoms. The monoisotopic (exact) mass is 536 g/mol. The van der Waals surface area contributed by atoms with Gasteiger partial charge in [0.2, 0.25) is 12.7 Å².